The Balaban J connectivity index is 1.78. The van der Waals surface area contributed by atoms with Crippen LogP contribution < -0.4 is 4.68 Å². The maximum atomic E-state index is 10.6. The number of aromatic nitrogens is 4. The lowest BCUT2D eigenvalue weighted by molar-refractivity contribution is -0.750. The fourth-order valence-electron chi connectivity index (χ4n) is 2.47. The Morgan fingerprint density at radius 2 is 2.05 bits per heavy atom. The van der Waals surface area contributed by atoms with E-state index in [1.165, 1.54) is 16.7 Å². The highest BCUT2D eigenvalue weighted by Crippen LogP contribution is 2.21. The Kier molecular flexibility index (Phi) is 4.12. The third kappa shape index (κ3) is 3.63. The summed E-state index contributed by atoms with van der Waals surface area (Å²) in [6.07, 6.45) is 9.44. The lowest BCUT2D eigenvalue weighted by atomic mass is 9.97. The van der Waals surface area contributed by atoms with E-state index in [1.807, 2.05) is 6.20 Å². The highest BCUT2D eigenvalue weighted by Gasteiger charge is 2.14. The van der Waals surface area contributed by atoms with Gasteiger partial charge in [-0.2, -0.15) is 0 Å². The predicted octanol–water partition coefficient (Wildman–Crippen LogP) is 0.250. The second kappa shape index (κ2) is 6.05. The van der Waals surface area contributed by atoms with E-state index in [1.54, 1.807) is 18.5 Å². The second-order valence-electron chi connectivity index (χ2n) is 5.31. The molecule has 0 spiro atoms. The molecule has 0 radical (unpaired) electrons. The van der Waals surface area contributed by atoms with E-state index < -0.39 is 15.9 Å². The fourth-order valence-corrected chi connectivity index (χ4v) is 2.88. The first-order chi connectivity index (χ1) is 10.5. The predicted molar refractivity (Wildman–Crippen MR) is 76.7 cm³/mol. The Bertz CT molecular complexity index is 775. The summed E-state index contributed by atoms with van der Waals surface area (Å²) in [7, 11) is -4.23. The minimum atomic E-state index is -4.23. The van der Waals surface area contributed by atoms with Crippen molar-refractivity contribution in [2.24, 2.45) is 0 Å². The standard InChI is InChI=1S/C14H16N4O3S/c19-22(20,21)8-7-18-6-5-12(10-16-18)14-15-9-11-3-1-2-4-13(11)17-14/h5-6,9-10H,1-4,7-8H2. The molecule has 0 fully saturated rings. The van der Waals surface area contributed by atoms with Crippen molar-refractivity contribution >= 4 is 10.1 Å². The fraction of sp³-hybridized carbons (Fsp3) is 0.429. The summed E-state index contributed by atoms with van der Waals surface area (Å²) in [5, 5.41) is 4.10. The van der Waals surface area contributed by atoms with Gasteiger partial charge in [0.25, 0.3) is 0 Å². The van der Waals surface area contributed by atoms with Crippen molar-refractivity contribution in [1.29, 1.82) is 0 Å². The van der Waals surface area contributed by atoms with Crippen LogP contribution in [-0.2, 0) is 29.5 Å². The molecule has 22 heavy (non-hydrogen) atoms. The monoisotopic (exact) mass is 320 g/mol. The van der Waals surface area contributed by atoms with Crippen LogP contribution in [0.4, 0.5) is 0 Å². The molecule has 1 aliphatic carbocycles. The third-order valence-electron chi connectivity index (χ3n) is 3.66. The first kappa shape index (κ1) is 15.0. The van der Waals surface area contributed by atoms with Gasteiger partial charge in [-0.1, -0.05) is 4.68 Å². The normalized spacial score (nSPS) is 14.6. The zero-order valence-electron chi connectivity index (χ0n) is 12.0. The highest BCUT2D eigenvalue weighted by molar-refractivity contribution is 7.85. The van der Waals surface area contributed by atoms with E-state index in [0.717, 1.165) is 30.5 Å². The topological polar surface area (TPSA) is 99.8 Å². The summed E-state index contributed by atoms with van der Waals surface area (Å²) in [6, 6.07) is 1.77. The second-order valence-corrected chi connectivity index (χ2v) is 6.84. The van der Waals surface area contributed by atoms with E-state index in [2.05, 4.69) is 15.1 Å². The maximum Gasteiger partial charge on any atom is 0.197 e. The number of nitrogens with zero attached hydrogens (tertiary/aromatic N) is 4. The molecule has 2 heterocycles. The van der Waals surface area contributed by atoms with Gasteiger partial charge in [0.05, 0.1) is 5.75 Å². The third-order valence-corrected chi connectivity index (χ3v) is 4.35. The molecule has 8 heteroatoms. The molecule has 1 aliphatic rings. The first-order valence-electron chi connectivity index (χ1n) is 7.16. The Morgan fingerprint density at radius 3 is 2.77 bits per heavy atom. The molecular formula is C14H16N4O3S. The largest absolute Gasteiger partial charge is 0.748 e. The van der Waals surface area contributed by atoms with Crippen LogP contribution in [0.2, 0.25) is 0 Å². The van der Waals surface area contributed by atoms with E-state index in [9.17, 15) is 13.0 Å². The van der Waals surface area contributed by atoms with Gasteiger partial charge < -0.3 is 4.55 Å². The maximum absolute atomic E-state index is 10.6. The SMILES string of the molecule is O=S(=O)([O-])CC[n+]1ccc(-c2ncc3c(n2)CCCC3)cn1. The van der Waals surface area contributed by atoms with Crippen molar-refractivity contribution in [2.45, 2.75) is 32.2 Å². The molecule has 0 saturated carbocycles. The minimum absolute atomic E-state index is 0.0388. The molecular weight excluding hydrogens is 304 g/mol. The van der Waals surface area contributed by atoms with Gasteiger partial charge in [-0.05, 0) is 36.3 Å². The molecule has 0 bridgehead atoms. The van der Waals surface area contributed by atoms with Gasteiger partial charge in [-0.15, -0.1) is 0 Å². The number of hydrogen-bond acceptors (Lipinski definition) is 6. The number of rotatable bonds is 4. The van der Waals surface area contributed by atoms with Crippen LogP contribution in [-0.4, -0.2) is 33.8 Å². The summed E-state index contributed by atoms with van der Waals surface area (Å²) >= 11 is 0. The van der Waals surface area contributed by atoms with Crippen molar-refractivity contribution in [3.63, 3.8) is 0 Å². The zero-order valence-corrected chi connectivity index (χ0v) is 12.8. The van der Waals surface area contributed by atoms with Crippen LogP contribution in [0.1, 0.15) is 24.1 Å². The van der Waals surface area contributed by atoms with E-state index in [4.69, 9.17) is 0 Å². The van der Waals surface area contributed by atoms with E-state index in [-0.39, 0.29) is 6.54 Å². The lowest BCUT2D eigenvalue weighted by Gasteiger charge is -2.14. The van der Waals surface area contributed by atoms with Crippen LogP contribution >= 0.6 is 0 Å². The average Bonchev–Trinajstić information content (AvgIpc) is 2.52. The summed E-state index contributed by atoms with van der Waals surface area (Å²) in [4.78, 5) is 8.96. The van der Waals surface area contributed by atoms with Crippen molar-refractivity contribution in [3.8, 4) is 11.4 Å². The molecule has 0 N–H and O–H groups in total. The molecule has 0 atom stereocenters. The summed E-state index contributed by atoms with van der Waals surface area (Å²) in [5.41, 5.74) is 3.09. The molecule has 0 saturated heterocycles. The minimum Gasteiger partial charge on any atom is -0.748 e. The van der Waals surface area contributed by atoms with Crippen LogP contribution in [0.25, 0.3) is 11.4 Å². The Labute approximate surface area is 128 Å². The van der Waals surface area contributed by atoms with Gasteiger partial charge >= 0.3 is 0 Å². The Hall–Kier alpha value is -1.93. The average molecular weight is 320 g/mol. The summed E-state index contributed by atoms with van der Waals surface area (Å²) in [6.45, 7) is 0.0388. The molecule has 0 unspecified atom stereocenters. The molecule has 0 aliphatic heterocycles. The quantitative estimate of drug-likeness (QED) is 0.591. The van der Waals surface area contributed by atoms with Gasteiger partial charge in [0.1, 0.15) is 16.3 Å². The smallest absolute Gasteiger partial charge is 0.197 e. The zero-order chi connectivity index (χ0) is 15.6. The molecule has 7 nitrogen and oxygen atoms in total. The van der Waals surface area contributed by atoms with Gasteiger partial charge in [0, 0.05) is 23.5 Å². The molecule has 3 rings (SSSR count). The number of hydrogen-bond donors (Lipinski definition) is 0. The van der Waals surface area contributed by atoms with Crippen LogP contribution in [0.5, 0.6) is 0 Å². The summed E-state index contributed by atoms with van der Waals surface area (Å²) < 4.78 is 33.3. The molecule has 2 aromatic rings. The van der Waals surface area contributed by atoms with Crippen molar-refractivity contribution < 1.29 is 17.7 Å². The van der Waals surface area contributed by atoms with Gasteiger partial charge in [-0.3, -0.25) is 0 Å². The van der Waals surface area contributed by atoms with Gasteiger partial charge in [0.15, 0.2) is 18.6 Å². The number of aryl methyl sites for hydroxylation is 3. The number of fused-ring (bicyclic) bond motifs is 1. The van der Waals surface area contributed by atoms with Crippen molar-refractivity contribution in [2.75, 3.05) is 5.75 Å². The van der Waals surface area contributed by atoms with Crippen molar-refractivity contribution in [3.05, 3.63) is 35.9 Å². The lowest BCUT2D eigenvalue weighted by Crippen LogP contribution is -2.40. The van der Waals surface area contributed by atoms with Crippen LogP contribution in [0.15, 0.2) is 24.7 Å². The van der Waals surface area contributed by atoms with E-state index in [0.29, 0.717) is 5.82 Å². The summed E-state index contributed by atoms with van der Waals surface area (Å²) in [5.74, 6) is 0.149. The van der Waals surface area contributed by atoms with Crippen LogP contribution in [0, 0.1) is 0 Å². The van der Waals surface area contributed by atoms with Crippen LogP contribution in [0.3, 0.4) is 0 Å². The van der Waals surface area contributed by atoms with Crippen molar-refractivity contribution in [1.82, 2.24) is 15.1 Å². The molecule has 0 aromatic carbocycles. The van der Waals surface area contributed by atoms with E-state index >= 15 is 0 Å². The molecule has 2 aromatic heterocycles. The van der Waals surface area contributed by atoms with Gasteiger partial charge in [-0.25, -0.2) is 18.4 Å². The molecule has 116 valence electrons. The highest BCUT2D eigenvalue weighted by atomic mass is 32.2. The molecule has 0 amide bonds. The first-order valence-corrected chi connectivity index (χ1v) is 8.73. The Morgan fingerprint density at radius 1 is 1.23 bits per heavy atom. The van der Waals surface area contributed by atoms with Gasteiger partial charge in [0.2, 0.25) is 0 Å².